The van der Waals surface area contributed by atoms with Gasteiger partial charge < -0.3 is 5.11 Å². The number of halogens is 1. The van der Waals surface area contributed by atoms with Crippen LogP contribution in [0.1, 0.15) is 32.3 Å². The van der Waals surface area contributed by atoms with Gasteiger partial charge in [0, 0.05) is 17.6 Å². The molecule has 1 N–H and O–H groups in total. The first kappa shape index (κ1) is 11.7. The van der Waals surface area contributed by atoms with E-state index < -0.39 is 0 Å². The number of para-hydroxylation sites is 1. The zero-order valence-corrected chi connectivity index (χ0v) is 10.6. The standard InChI is InChI=1S/C13H18ClNO/c1-13(2)7-4-8-15(13)9-10-5-3-6-11(14)12(10)16/h3,5-6,16H,4,7-9H2,1-2H3. The van der Waals surface area contributed by atoms with Gasteiger partial charge in [-0.15, -0.1) is 0 Å². The molecule has 0 aromatic heterocycles. The zero-order chi connectivity index (χ0) is 11.8. The second-order valence-corrected chi connectivity index (χ2v) is 5.49. The van der Waals surface area contributed by atoms with Crippen LogP contribution in [-0.2, 0) is 6.54 Å². The smallest absolute Gasteiger partial charge is 0.138 e. The number of phenolic OH excluding ortho intramolecular Hbond substituents is 1. The maximum absolute atomic E-state index is 9.87. The minimum atomic E-state index is 0.229. The number of phenols is 1. The molecule has 0 unspecified atom stereocenters. The normalized spacial score (nSPS) is 20.2. The fourth-order valence-corrected chi connectivity index (χ4v) is 2.54. The summed E-state index contributed by atoms with van der Waals surface area (Å²) in [5.74, 6) is 0.229. The van der Waals surface area contributed by atoms with Crippen LogP contribution >= 0.6 is 11.6 Å². The molecule has 0 spiro atoms. The van der Waals surface area contributed by atoms with Gasteiger partial charge in [0.1, 0.15) is 5.75 Å². The number of hydrogen-bond donors (Lipinski definition) is 1. The van der Waals surface area contributed by atoms with Crippen LogP contribution in [0.4, 0.5) is 0 Å². The molecule has 88 valence electrons. The second-order valence-electron chi connectivity index (χ2n) is 5.09. The molecule has 0 bridgehead atoms. The highest BCUT2D eigenvalue weighted by Crippen LogP contribution is 2.33. The first-order chi connectivity index (χ1) is 7.50. The van der Waals surface area contributed by atoms with Crippen molar-refractivity contribution in [3.63, 3.8) is 0 Å². The summed E-state index contributed by atoms with van der Waals surface area (Å²) in [6.07, 6.45) is 2.45. The van der Waals surface area contributed by atoms with Gasteiger partial charge >= 0.3 is 0 Å². The van der Waals surface area contributed by atoms with Crippen LogP contribution in [0.5, 0.6) is 5.75 Å². The van der Waals surface area contributed by atoms with Gasteiger partial charge in [-0.25, -0.2) is 0 Å². The SMILES string of the molecule is CC1(C)CCCN1Cc1cccc(Cl)c1O. The lowest BCUT2D eigenvalue weighted by Crippen LogP contribution is -2.37. The number of rotatable bonds is 2. The van der Waals surface area contributed by atoms with Crippen molar-refractivity contribution < 1.29 is 5.11 Å². The number of likely N-dealkylation sites (tertiary alicyclic amines) is 1. The van der Waals surface area contributed by atoms with Crippen LogP contribution in [-0.4, -0.2) is 22.1 Å². The molecule has 0 aliphatic carbocycles. The molecule has 0 amide bonds. The average Bonchev–Trinajstić information content (AvgIpc) is 2.54. The summed E-state index contributed by atoms with van der Waals surface area (Å²) in [6, 6.07) is 5.55. The maximum atomic E-state index is 9.87. The van der Waals surface area contributed by atoms with E-state index in [2.05, 4.69) is 18.7 Å². The largest absolute Gasteiger partial charge is 0.506 e. The van der Waals surface area contributed by atoms with Crippen molar-refractivity contribution in [3.05, 3.63) is 28.8 Å². The van der Waals surface area contributed by atoms with E-state index >= 15 is 0 Å². The molecule has 3 heteroatoms. The quantitative estimate of drug-likeness (QED) is 0.855. The van der Waals surface area contributed by atoms with Gasteiger partial charge in [0.25, 0.3) is 0 Å². The molecule has 2 rings (SSSR count). The van der Waals surface area contributed by atoms with Crippen LogP contribution in [0.15, 0.2) is 18.2 Å². The lowest BCUT2D eigenvalue weighted by molar-refractivity contribution is 0.165. The highest BCUT2D eigenvalue weighted by Gasteiger charge is 2.32. The fraction of sp³-hybridized carbons (Fsp3) is 0.538. The van der Waals surface area contributed by atoms with E-state index in [1.54, 1.807) is 6.07 Å². The molecule has 1 saturated heterocycles. The molecule has 1 aliphatic rings. The van der Waals surface area contributed by atoms with E-state index in [9.17, 15) is 5.11 Å². The van der Waals surface area contributed by atoms with Crippen molar-refractivity contribution in [2.24, 2.45) is 0 Å². The number of aromatic hydroxyl groups is 1. The van der Waals surface area contributed by atoms with E-state index in [-0.39, 0.29) is 11.3 Å². The van der Waals surface area contributed by atoms with E-state index in [0.717, 1.165) is 18.7 Å². The summed E-state index contributed by atoms with van der Waals surface area (Å²) in [5.41, 5.74) is 1.15. The van der Waals surface area contributed by atoms with Gasteiger partial charge in [0.15, 0.2) is 0 Å². The third-order valence-corrected chi connectivity index (χ3v) is 3.81. The van der Waals surface area contributed by atoms with Crippen LogP contribution < -0.4 is 0 Å². The molecule has 1 fully saturated rings. The number of benzene rings is 1. The van der Waals surface area contributed by atoms with E-state index in [1.165, 1.54) is 12.8 Å². The summed E-state index contributed by atoms with van der Waals surface area (Å²) < 4.78 is 0. The monoisotopic (exact) mass is 239 g/mol. The Balaban J connectivity index is 2.18. The molecule has 0 radical (unpaired) electrons. The minimum absolute atomic E-state index is 0.229. The predicted octanol–water partition coefficient (Wildman–Crippen LogP) is 3.42. The summed E-state index contributed by atoms with van der Waals surface area (Å²) in [6.45, 7) is 6.38. The molecule has 2 nitrogen and oxygen atoms in total. The Labute approximate surface area is 102 Å². The lowest BCUT2D eigenvalue weighted by Gasteiger charge is -2.31. The Morgan fingerprint density at radius 1 is 1.44 bits per heavy atom. The Morgan fingerprint density at radius 2 is 2.19 bits per heavy atom. The van der Waals surface area contributed by atoms with Gasteiger partial charge in [0.2, 0.25) is 0 Å². The Morgan fingerprint density at radius 3 is 2.81 bits per heavy atom. The van der Waals surface area contributed by atoms with Crippen molar-refractivity contribution in [2.75, 3.05) is 6.54 Å². The first-order valence-corrected chi connectivity index (χ1v) is 6.10. The van der Waals surface area contributed by atoms with Gasteiger partial charge in [-0.3, -0.25) is 4.90 Å². The van der Waals surface area contributed by atoms with Crippen molar-refractivity contribution in [3.8, 4) is 5.75 Å². The molecule has 0 atom stereocenters. The highest BCUT2D eigenvalue weighted by atomic mass is 35.5. The van der Waals surface area contributed by atoms with Crippen molar-refractivity contribution in [1.82, 2.24) is 4.90 Å². The maximum Gasteiger partial charge on any atom is 0.138 e. The third-order valence-electron chi connectivity index (χ3n) is 3.50. The Hall–Kier alpha value is -0.730. The van der Waals surface area contributed by atoms with Crippen LogP contribution in [0, 0.1) is 0 Å². The van der Waals surface area contributed by atoms with Crippen LogP contribution in [0.25, 0.3) is 0 Å². The van der Waals surface area contributed by atoms with Gasteiger partial charge in [-0.2, -0.15) is 0 Å². The van der Waals surface area contributed by atoms with Crippen LogP contribution in [0.3, 0.4) is 0 Å². The molecule has 1 aromatic rings. The van der Waals surface area contributed by atoms with Crippen LogP contribution in [0.2, 0.25) is 5.02 Å². The van der Waals surface area contributed by atoms with Gasteiger partial charge in [-0.05, 0) is 39.3 Å². The van der Waals surface area contributed by atoms with Crippen molar-refractivity contribution >= 4 is 11.6 Å². The highest BCUT2D eigenvalue weighted by molar-refractivity contribution is 6.32. The Kier molecular flexibility index (Phi) is 3.13. The van der Waals surface area contributed by atoms with Gasteiger partial charge in [-0.1, -0.05) is 23.7 Å². The first-order valence-electron chi connectivity index (χ1n) is 5.72. The molecule has 1 aromatic carbocycles. The molecule has 0 saturated carbocycles. The fourth-order valence-electron chi connectivity index (χ4n) is 2.35. The number of hydrogen-bond acceptors (Lipinski definition) is 2. The molecular weight excluding hydrogens is 222 g/mol. The second kappa shape index (κ2) is 4.27. The molecule has 16 heavy (non-hydrogen) atoms. The van der Waals surface area contributed by atoms with Gasteiger partial charge in [0.05, 0.1) is 5.02 Å². The van der Waals surface area contributed by atoms with Crippen molar-refractivity contribution in [1.29, 1.82) is 0 Å². The number of nitrogens with zero attached hydrogens (tertiary/aromatic N) is 1. The third kappa shape index (κ3) is 2.18. The topological polar surface area (TPSA) is 23.5 Å². The molecular formula is C13H18ClNO. The van der Waals surface area contributed by atoms with E-state index in [4.69, 9.17) is 11.6 Å². The summed E-state index contributed by atoms with van der Waals surface area (Å²) >= 11 is 5.90. The predicted molar refractivity (Wildman–Crippen MR) is 66.8 cm³/mol. The lowest BCUT2D eigenvalue weighted by atomic mass is 10.0. The average molecular weight is 240 g/mol. The van der Waals surface area contributed by atoms with E-state index in [1.807, 2.05) is 12.1 Å². The summed E-state index contributed by atoms with van der Waals surface area (Å²) in [5, 5.41) is 10.3. The summed E-state index contributed by atoms with van der Waals surface area (Å²) in [4.78, 5) is 2.40. The molecule has 1 aliphatic heterocycles. The summed E-state index contributed by atoms with van der Waals surface area (Å²) in [7, 11) is 0. The molecule has 1 heterocycles. The zero-order valence-electron chi connectivity index (χ0n) is 9.83. The Bertz CT molecular complexity index is 390. The minimum Gasteiger partial charge on any atom is -0.506 e. The van der Waals surface area contributed by atoms with Crippen molar-refractivity contribution in [2.45, 2.75) is 38.8 Å². The van der Waals surface area contributed by atoms with E-state index in [0.29, 0.717) is 5.02 Å².